The average molecular weight is 564 g/mol. The minimum Gasteiger partial charge on any atom is -0.483 e. The standard InChI is InChI=1S/C24H24Br2N2O4/c1-3-15(2)17-9-10-20(19(25)12-17)31-13-22(29)27-28-23(30)14-32-21-11-8-16-6-4-5-7-18(16)24(21)26/h4-12,15H,3,13-14H2,1-2H3,(H,27,29)(H,28,30). The van der Waals surface area contributed by atoms with Crippen molar-refractivity contribution in [3.63, 3.8) is 0 Å². The number of carbonyl (C=O) groups excluding carboxylic acids is 2. The van der Waals surface area contributed by atoms with Gasteiger partial charge in [0, 0.05) is 0 Å². The van der Waals surface area contributed by atoms with Gasteiger partial charge in [-0.05, 0) is 78.7 Å². The maximum atomic E-state index is 12.0. The van der Waals surface area contributed by atoms with Crippen molar-refractivity contribution < 1.29 is 19.1 Å². The van der Waals surface area contributed by atoms with Crippen molar-refractivity contribution in [1.29, 1.82) is 0 Å². The van der Waals surface area contributed by atoms with E-state index in [1.165, 1.54) is 5.56 Å². The maximum absolute atomic E-state index is 12.0. The molecule has 6 nitrogen and oxygen atoms in total. The number of hydrogen-bond donors (Lipinski definition) is 2. The molecule has 0 fully saturated rings. The van der Waals surface area contributed by atoms with Gasteiger partial charge in [-0.15, -0.1) is 0 Å². The second kappa shape index (κ2) is 11.3. The SMILES string of the molecule is CCC(C)c1ccc(OCC(=O)NNC(=O)COc2ccc3ccccc3c2Br)c(Br)c1. The van der Waals surface area contributed by atoms with Crippen molar-refractivity contribution >= 4 is 54.4 Å². The Hall–Kier alpha value is -2.58. The Morgan fingerprint density at radius 2 is 1.53 bits per heavy atom. The van der Waals surface area contributed by atoms with Crippen LogP contribution in [0, 0.1) is 0 Å². The summed E-state index contributed by atoms with van der Waals surface area (Å²) in [5.74, 6) is 0.569. The third kappa shape index (κ3) is 6.23. The summed E-state index contributed by atoms with van der Waals surface area (Å²) in [7, 11) is 0. The number of hydrogen-bond acceptors (Lipinski definition) is 4. The molecule has 0 heterocycles. The van der Waals surface area contributed by atoms with Crippen LogP contribution >= 0.6 is 31.9 Å². The molecule has 0 aliphatic carbocycles. The first-order chi connectivity index (χ1) is 15.4. The highest BCUT2D eigenvalue weighted by Gasteiger charge is 2.11. The molecule has 3 rings (SSSR count). The predicted molar refractivity (Wildman–Crippen MR) is 132 cm³/mol. The molecule has 0 radical (unpaired) electrons. The third-order valence-electron chi connectivity index (χ3n) is 5.02. The van der Waals surface area contributed by atoms with E-state index in [9.17, 15) is 9.59 Å². The fourth-order valence-electron chi connectivity index (χ4n) is 3.00. The summed E-state index contributed by atoms with van der Waals surface area (Å²) in [4.78, 5) is 24.1. The Balaban J connectivity index is 1.44. The summed E-state index contributed by atoms with van der Waals surface area (Å²) < 4.78 is 12.7. The lowest BCUT2D eigenvalue weighted by molar-refractivity contribution is -0.131. The molecule has 32 heavy (non-hydrogen) atoms. The first-order valence-electron chi connectivity index (χ1n) is 10.2. The smallest absolute Gasteiger partial charge is 0.276 e. The number of ether oxygens (including phenoxy) is 2. The number of hydrazine groups is 1. The molecule has 0 saturated carbocycles. The molecule has 1 atom stereocenters. The molecular formula is C24H24Br2N2O4. The van der Waals surface area contributed by atoms with E-state index in [4.69, 9.17) is 9.47 Å². The number of rotatable bonds is 8. The van der Waals surface area contributed by atoms with Crippen LogP contribution in [0.1, 0.15) is 31.7 Å². The Bertz CT molecular complexity index is 1120. The van der Waals surface area contributed by atoms with Crippen molar-refractivity contribution in [2.45, 2.75) is 26.2 Å². The second-order valence-corrected chi connectivity index (χ2v) is 8.92. The van der Waals surface area contributed by atoms with E-state index in [0.29, 0.717) is 17.4 Å². The fraction of sp³-hybridized carbons (Fsp3) is 0.250. The molecule has 0 aromatic heterocycles. The van der Waals surface area contributed by atoms with Gasteiger partial charge in [0.25, 0.3) is 11.8 Å². The fourth-order valence-corrected chi connectivity index (χ4v) is 4.12. The van der Waals surface area contributed by atoms with Crippen molar-refractivity contribution in [1.82, 2.24) is 10.9 Å². The molecule has 1 unspecified atom stereocenters. The van der Waals surface area contributed by atoms with Gasteiger partial charge < -0.3 is 9.47 Å². The molecule has 3 aromatic carbocycles. The Labute approximate surface area is 203 Å². The lowest BCUT2D eigenvalue weighted by Crippen LogP contribution is -2.45. The van der Waals surface area contributed by atoms with E-state index in [-0.39, 0.29) is 13.2 Å². The highest BCUT2D eigenvalue weighted by atomic mass is 79.9. The molecular weight excluding hydrogens is 540 g/mol. The van der Waals surface area contributed by atoms with E-state index in [2.05, 4.69) is 56.6 Å². The largest absolute Gasteiger partial charge is 0.483 e. The van der Waals surface area contributed by atoms with Crippen LogP contribution in [0.2, 0.25) is 0 Å². The normalized spacial score (nSPS) is 11.6. The zero-order valence-corrected chi connectivity index (χ0v) is 21.0. The van der Waals surface area contributed by atoms with Crippen LogP contribution in [-0.2, 0) is 9.59 Å². The Morgan fingerprint density at radius 1 is 0.906 bits per heavy atom. The quantitative estimate of drug-likeness (QED) is 0.356. The molecule has 0 saturated heterocycles. The van der Waals surface area contributed by atoms with Crippen LogP contribution in [0.4, 0.5) is 0 Å². The summed E-state index contributed by atoms with van der Waals surface area (Å²) in [5.41, 5.74) is 5.84. The van der Waals surface area contributed by atoms with Gasteiger partial charge in [-0.1, -0.05) is 50.2 Å². The summed E-state index contributed by atoms with van der Waals surface area (Å²) in [5, 5.41) is 2.05. The molecule has 0 aliphatic heterocycles. The van der Waals surface area contributed by atoms with Crippen LogP contribution in [0.3, 0.4) is 0 Å². The molecule has 8 heteroatoms. The molecule has 0 bridgehead atoms. The molecule has 0 aliphatic rings. The molecule has 0 spiro atoms. The summed E-state index contributed by atoms with van der Waals surface area (Å²) in [6.07, 6.45) is 1.04. The van der Waals surface area contributed by atoms with E-state index in [1.807, 2.05) is 48.5 Å². The number of carbonyl (C=O) groups is 2. The van der Waals surface area contributed by atoms with Gasteiger partial charge in [-0.3, -0.25) is 20.4 Å². The zero-order valence-electron chi connectivity index (χ0n) is 17.8. The predicted octanol–water partition coefficient (Wildman–Crippen LogP) is 5.48. The Kier molecular flexibility index (Phi) is 8.53. The minimum absolute atomic E-state index is 0.237. The average Bonchev–Trinajstić information content (AvgIpc) is 2.81. The van der Waals surface area contributed by atoms with Crippen molar-refractivity contribution in [2.75, 3.05) is 13.2 Å². The lowest BCUT2D eigenvalue weighted by Gasteiger charge is -2.13. The molecule has 2 N–H and O–H groups in total. The van der Waals surface area contributed by atoms with Crippen molar-refractivity contribution in [3.8, 4) is 11.5 Å². The lowest BCUT2D eigenvalue weighted by atomic mass is 9.99. The number of halogens is 2. The van der Waals surface area contributed by atoms with Crippen molar-refractivity contribution in [2.24, 2.45) is 0 Å². The third-order valence-corrected chi connectivity index (χ3v) is 6.46. The first-order valence-corrected chi connectivity index (χ1v) is 11.8. The Morgan fingerprint density at radius 3 is 2.19 bits per heavy atom. The van der Waals surface area contributed by atoms with E-state index < -0.39 is 11.8 Å². The highest BCUT2D eigenvalue weighted by molar-refractivity contribution is 9.11. The second-order valence-electron chi connectivity index (χ2n) is 7.27. The van der Waals surface area contributed by atoms with Crippen LogP contribution in [-0.4, -0.2) is 25.0 Å². The minimum atomic E-state index is -0.488. The van der Waals surface area contributed by atoms with Gasteiger partial charge in [-0.25, -0.2) is 0 Å². The van der Waals surface area contributed by atoms with Gasteiger partial charge in [0.1, 0.15) is 11.5 Å². The van der Waals surface area contributed by atoms with Crippen LogP contribution in [0.25, 0.3) is 10.8 Å². The molecule has 3 aromatic rings. The maximum Gasteiger partial charge on any atom is 0.276 e. The monoisotopic (exact) mass is 562 g/mol. The first kappa shape index (κ1) is 24.1. The topological polar surface area (TPSA) is 76.7 Å². The van der Waals surface area contributed by atoms with Crippen LogP contribution < -0.4 is 20.3 Å². The highest BCUT2D eigenvalue weighted by Crippen LogP contribution is 2.33. The number of fused-ring (bicyclic) bond motifs is 1. The van der Waals surface area contributed by atoms with Gasteiger partial charge in [0.15, 0.2) is 13.2 Å². The van der Waals surface area contributed by atoms with Crippen LogP contribution in [0.5, 0.6) is 11.5 Å². The van der Waals surface area contributed by atoms with Crippen molar-refractivity contribution in [3.05, 3.63) is 69.1 Å². The van der Waals surface area contributed by atoms with E-state index in [1.54, 1.807) is 6.07 Å². The number of benzene rings is 3. The summed E-state index contributed by atoms with van der Waals surface area (Å²) in [6, 6.07) is 17.3. The van der Waals surface area contributed by atoms with Crippen LogP contribution in [0.15, 0.2) is 63.5 Å². The summed E-state index contributed by atoms with van der Waals surface area (Å²) in [6.45, 7) is 3.80. The molecule has 2 amide bonds. The molecule has 168 valence electrons. The van der Waals surface area contributed by atoms with Gasteiger partial charge in [0.2, 0.25) is 0 Å². The van der Waals surface area contributed by atoms with Gasteiger partial charge >= 0.3 is 0 Å². The zero-order chi connectivity index (χ0) is 23.1. The summed E-state index contributed by atoms with van der Waals surface area (Å²) >= 11 is 6.99. The van der Waals surface area contributed by atoms with E-state index >= 15 is 0 Å². The number of amides is 2. The number of nitrogens with one attached hydrogen (secondary N) is 2. The van der Waals surface area contributed by atoms with E-state index in [0.717, 1.165) is 26.1 Å². The van der Waals surface area contributed by atoms with Gasteiger partial charge in [-0.2, -0.15) is 0 Å². The van der Waals surface area contributed by atoms with Gasteiger partial charge in [0.05, 0.1) is 8.95 Å².